The Bertz CT molecular complexity index is 941. The molecule has 176 valence electrons. The van der Waals surface area contributed by atoms with Crippen molar-refractivity contribution in [3.05, 3.63) is 65.2 Å². The zero-order valence-corrected chi connectivity index (χ0v) is 19.8. The molecule has 0 N–H and O–H groups in total. The molecule has 4 heteroatoms. The van der Waals surface area contributed by atoms with E-state index in [1.54, 1.807) is 0 Å². The van der Waals surface area contributed by atoms with Crippen molar-refractivity contribution in [3.63, 3.8) is 0 Å². The molecular weight excluding hydrogens is 412 g/mol. The van der Waals surface area contributed by atoms with E-state index in [9.17, 15) is 0 Å². The number of epoxide rings is 2. The second-order valence-corrected chi connectivity index (χ2v) is 9.58. The third kappa shape index (κ3) is 6.39. The van der Waals surface area contributed by atoms with Crippen LogP contribution in [0.25, 0.3) is 5.57 Å². The van der Waals surface area contributed by atoms with E-state index in [-0.39, 0.29) is 0 Å². The van der Waals surface area contributed by atoms with Crippen molar-refractivity contribution >= 4 is 5.57 Å². The molecule has 2 aliphatic heterocycles. The van der Waals surface area contributed by atoms with Gasteiger partial charge in [-0.1, -0.05) is 44.0 Å². The molecule has 2 fully saturated rings. The molecule has 0 spiro atoms. The van der Waals surface area contributed by atoms with Gasteiger partial charge in [0.25, 0.3) is 0 Å². The van der Waals surface area contributed by atoms with Gasteiger partial charge < -0.3 is 18.9 Å². The van der Waals surface area contributed by atoms with Crippen LogP contribution in [0.1, 0.15) is 68.1 Å². The van der Waals surface area contributed by atoms with Gasteiger partial charge >= 0.3 is 0 Å². The quantitative estimate of drug-likeness (QED) is 0.281. The van der Waals surface area contributed by atoms with Gasteiger partial charge in [0.1, 0.15) is 36.9 Å². The van der Waals surface area contributed by atoms with E-state index in [0.717, 1.165) is 44.0 Å². The van der Waals surface area contributed by atoms with Crippen LogP contribution < -0.4 is 9.47 Å². The van der Waals surface area contributed by atoms with Crippen LogP contribution in [0.15, 0.2) is 48.5 Å². The van der Waals surface area contributed by atoms with E-state index < -0.39 is 0 Å². The molecule has 5 rings (SSSR count). The number of rotatable bonds is 12. The third-order valence-corrected chi connectivity index (χ3v) is 6.91. The molecule has 2 aromatic carbocycles. The van der Waals surface area contributed by atoms with Gasteiger partial charge in [-0.05, 0) is 84.6 Å². The van der Waals surface area contributed by atoms with Gasteiger partial charge in [-0.3, -0.25) is 0 Å². The Morgan fingerprint density at radius 1 is 0.909 bits per heavy atom. The summed E-state index contributed by atoms with van der Waals surface area (Å²) in [7, 11) is 0. The fraction of sp³-hybridized carbons (Fsp3) is 0.517. The van der Waals surface area contributed by atoms with Gasteiger partial charge in [0.15, 0.2) is 0 Å². The molecule has 1 aliphatic carbocycles. The molecule has 4 nitrogen and oxygen atoms in total. The van der Waals surface area contributed by atoms with Crippen LogP contribution in [0, 0.1) is 0 Å². The molecule has 33 heavy (non-hydrogen) atoms. The first-order valence-corrected chi connectivity index (χ1v) is 12.7. The second kappa shape index (κ2) is 10.8. The van der Waals surface area contributed by atoms with E-state index in [1.165, 1.54) is 47.9 Å². The fourth-order valence-corrected chi connectivity index (χ4v) is 4.62. The monoisotopic (exact) mass is 448 g/mol. The number of allylic oxidation sites excluding steroid dienone is 2. The van der Waals surface area contributed by atoms with Crippen molar-refractivity contribution in [2.45, 2.75) is 70.0 Å². The van der Waals surface area contributed by atoms with Crippen molar-refractivity contribution in [2.24, 2.45) is 0 Å². The normalized spacial score (nSPS) is 23.7. The van der Waals surface area contributed by atoms with Crippen LogP contribution in [-0.2, 0) is 15.9 Å². The molecule has 2 saturated heterocycles. The SMILES string of the molecule is CCCCCc1cc(C2=CCC(c3ccc(OCC4CO4)cc3)CC2)ccc1OCC1CO1. The van der Waals surface area contributed by atoms with Crippen LogP contribution in [0.3, 0.4) is 0 Å². The summed E-state index contributed by atoms with van der Waals surface area (Å²) in [5.41, 5.74) is 5.59. The molecule has 3 aliphatic rings. The maximum absolute atomic E-state index is 6.09. The molecule has 0 bridgehead atoms. The van der Waals surface area contributed by atoms with Gasteiger partial charge in [0.05, 0.1) is 13.2 Å². The predicted octanol–water partition coefficient (Wildman–Crippen LogP) is 6.33. The minimum Gasteiger partial charge on any atom is -0.491 e. The first-order chi connectivity index (χ1) is 16.3. The van der Waals surface area contributed by atoms with Crippen molar-refractivity contribution < 1.29 is 18.9 Å². The topological polar surface area (TPSA) is 43.5 Å². The highest BCUT2D eigenvalue weighted by atomic mass is 16.6. The van der Waals surface area contributed by atoms with Gasteiger partial charge in [0, 0.05) is 0 Å². The molecule has 0 radical (unpaired) electrons. The Balaban J connectivity index is 1.21. The highest BCUT2D eigenvalue weighted by Crippen LogP contribution is 2.38. The molecule has 3 atom stereocenters. The summed E-state index contributed by atoms with van der Waals surface area (Å²) in [5.74, 6) is 2.56. The summed E-state index contributed by atoms with van der Waals surface area (Å²) in [6.45, 7) is 5.25. The molecule has 3 unspecified atom stereocenters. The summed E-state index contributed by atoms with van der Waals surface area (Å²) in [4.78, 5) is 0. The summed E-state index contributed by atoms with van der Waals surface area (Å²) >= 11 is 0. The summed E-state index contributed by atoms with van der Waals surface area (Å²) in [6, 6.07) is 15.5. The third-order valence-electron chi connectivity index (χ3n) is 6.91. The number of hydrogen-bond donors (Lipinski definition) is 0. The van der Waals surface area contributed by atoms with E-state index >= 15 is 0 Å². The average Bonchev–Trinajstić information content (AvgIpc) is 3.78. The zero-order chi connectivity index (χ0) is 22.5. The number of aryl methyl sites for hydroxylation is 1. The van der Waals surface area contributed by atoms with Gasteiger partial charge in [-0.15, -0.1) is 0 Å². The molecular formula is C29H36O4. The van der Waals surface area contributed by atoms with Crippen molar-refractivity contribution in [2.75, 3.05) is 26.4 Å². The molecule has 0 saturated carbocycles. The first-order valence-electron chi connectivity index (χ1n) is 12.7. The Labute approximate surface area is 197 Å². The predicted molar refractivity (Wildman–Crippen MR) is 131 cm³/mol. The molecule has 0 amide bonds. The summed E-state index contributed by atoms with van der Waals surface area (Å²) in [6.07, 6.45) is 11.2. The van der Waals surface area contributed by atoms with E-state index in [0.29, 0.717) is 31.3 Å². The Kier molecular flexibility index (Phi) is 7.33. The summed E-state index contributed by atoms with van der Waals surface area (Å²) in [5, 5.41) is 0. The molecule has 2 heterocycles. The minimum absolute atomic E-state index is 0.291. The number of hydrogen-bond acceptors (Lipinski definition) is 4. The Hall–Kier alpha value is -2.30. The van der Waals surface area contributed by atoms with Crippen LogP contribution >= 0.6 is 0 Å². The van der Waals surface area contributed by atoms with Gasteiger partial charge in [0.2, 0.25) is 0 Å². The lowest BCUT2D eigenvalue weighted by molar-refractivity contribution is 0.261. The lowest BCUT2D eigenvalue weighted by Gasteiger charge is -2.23. The highest BCUT2D eigenvalue weighted by Gasteiger charge is 2.24. The number of unbranched alkanes of at least 4 members (excludes halogenated alkanes) is 2. The Morgan fingerprint density at radius 2 is 1.67 bits per heavy atom. The maximum atomic E-state index is 6.09. The lowest BCUT2D eigenvalue weighted by Crippen LogP contribution is -2.07. The highest BCUT2D eigenvalue weighted by molar-refractivity contribution is 5.68. The van der Waals surface area contributed by atoms with Crippen molar-refractivity contribution in [3.8, 4) is 11.5 Å². The standard InChI is InChI=1S/C29H36O4/c1-2-3-4-5-25-16-24(12-15-29(25)33-20-28-19-32-28)23-8-6-21(7-9-23)22-10-13-26(14-11-22)30-17-27-18-31-27/h8,10-16,21,27-28H,2-7,9,17-20H2,1H3. The van der Waals surface area contributed by atoms with E-state index in [1.807, 2.05) is 0 Å². The fourth-order valence-electron chi connectivity index (χ4n) is 4.62. The largest absolute Gasteiger partial charge is 0.491 e. The Morgan fingerprint density at radius 3 is 2.33 bits per heavy atom. The zero-order valence-electron chi connectivity index (χ0n) is 19.8. The van der Waals surface area contributed by atoms with Crippen LogP contribution in [0.4, 0.5) is 0 Å². The lowest BCUT2D eigenvalue weighted by atomic mass is 9.82. The number of benzene rings is 2. The van der Waals surface area contributed by atoms with Crippen molar-refractivity contribution in [1.82, 2.24) is 0 Å². The number of ether oxygens (including phenoxy) is 4. The second-order valence-electron chi connectivity index (χ2n) is 9.58. The average molecular weight is 449 g/mol. The maximum Gasteiger partial charge on any atom is 0.122 e. The smallest absolute Gasteiger partial charge is 0.122 e. The van der Waals surface area contributed by atoms with Gasteiger partial charge in [-0.25, -0.2) is 0 Å². The van der Waals surface area contributed by atoms with Crippen LogP contribution in [-0.4, -0.2) is 38.6 Å². The minimum atomic E-state index is 0.291. The first kappa shape index (κ1) is 22.5. The van der Waals surface area contributed by atoms with Gasteiger partial charge in [-0.2, -0.15) is 0 Å². The van der Waals surface area contributed by atoms with Crippen molar-refractivity contribution in [1.29, 1.82) is 0 Å². The molecule has 2 aromatic rings. The molecule has 0 aromatic heterocycles. The summed E-state index contributed by atoms with van der Waals surface area (Å²) < 4.78 is 22.4. The van der Waals surface area contributed by atoms with Crippen LogP contribution in [0.5, 0.6) is 11.5 Å². The van der Waals surface area contributed by atoms with Crippen LogP contribution in [0.2, 0.25) is 0 Å². The van der Waals surface area contributed by atoms with E-state index in [4.69, 9.17) is 18.9 Å². The van der Waals surface area contributed by atoms with E-state index in [2.05, 4.69) is 55.5 Å².